The zero-order chi connectivity index (χ0) is 15.0. The van der Waals surface area contributed by atoms with Crippen LogP contribution in [0.4, 0.5) is 0 Å². The van der Waals surface area contributed by atoms with Crippen LogP contribution < -0.4 is 5.32 Å². The van der Waals surface area contributed by atoms with Crippen LogP contribution in [0.1, 0.15) is 73.1 Å². The highest BCUT2D eigenvalue weighted by Crippen LogP contribution is 2.31. The van der Waals surface area contributed by atoms with E-state index < -0.39 is 0 Å². The van der Waals surface area contributed by atoms with Crippen LogP contribution in [0.2, 0.25) is 0 Å². The van der Waals surface area contributed by atoms with Gasteiger partial charge in [0.05, 0.1) is 0 Å². The van der Waals surface area contributed by atoms with Gasteiger partial charge < -0.3 is 10.2 Å². The molecule has 120 valence electrons. The predicted octanol–water partition coefficient (Wildman–Crippen LogP) is 4.30. The molecule has 0 aromatic rings. The minimum atomic E-state index is 0.466. The molecule has 1 rings (SSSR count). The molecule has 0 heterocycles. The summed E-state index contributed by atoms with van der Waals surface area (Å²) in [6.45, 7) is 16.5. The molecular weight excluding hydrogens is 244 g/mol. The van der Waals surface area contributed by atoms with Crippen molar-refractivity contribution in [2.75, 3.05) is 26.2 Å². The lowest BCUT2D eigenvalue weighted by Crippen LogP contribution is -2.47. The SMILES string of the molecule is CCN(CC(CC)(CC)CNCC(C)C)C1CCCC1. The molecule has 1 aliphatic carbocycles. The Morgan fingerprint density at radius 3 is 2.15 bits per heavy atom. The van der Waals surface area contributed by atoms with Crippen LogP contribution in [0.3, 0.4) is 0 Å². The van der Waals surface area contributed by atoms with E-state index in [-0.39, 0.29) is 0 Å². The maximum Gasteiger partial charge on any atom is 0.00953 e. The van der Waals surface area contributed by atoms with Gasteiger partial charge in [0, 0.05) is 19.1 Å². The Morgan fingerprint density at radius 1 is 1.10 bits per heavy atom. The van der Waals surface area contributed by atoms with E-state index in [1.54, 1.807) is 0 Å². The number of nitrogens with zero attached hydrogens (tertiary/aromatic N) is 1. The highest BCUT2D eigenvalue weighted by Gasteiger charge is 2.31. The molecular formula is C18H38N2. The van der Waals surface area contributed by atoms with E-state index in [1.165, 1.54) is 58.2 Å². The lowest BCUT2D eigenvalue weighted by atomic mass is 9.81. The summed E-state index contributed by atoms with van der Waals surface area (Å²) in [6.07, 6.45) is 8.32. The van der Waals surface area contributed by atoms with E-state index in [4.69, 9.17) is 0 Å². The fourth-order valence-corrected chi connectivity index (χ4v) is 3.60. The highest BCUT2D eigenvalue weighted by molar-refractivity contribution is 4.87. The van der Waals surface area contributed by atoms with Gasteiger partial charge in [0.1, 0.15) is 0 Å². The van der Waals surface area contributed by atoms with Crippen LogP contribution in [0, 0.1) is 11.3 Å². The summed E-state index contributed by atoms with van der Waals surface area (Å²) in [6, 6.07) is 0.863. The Labute approximate surface area is 127 Å². The van der Waals surface area contributed by atoms with Gasteiger partial charge in [-0.05, 0) is 50.1 Å². The third-order valence-corrected chi connectivity index (χ3v) is 5.34. The van der Waals surface area contributed by atoms with Crippen molar-refractivity contribution < 1.29 is 0 Å². The van der Waals surface area contributed by atoms with E-state index in [0.29, 0.717) is 5.41 Å². The molecule has 0 spiro atoms. The van der Waals surface area contributed by atoms with Gasteiger partial charge in [-0.15, -0.1) is 0 Å². The van der Waals surface area contributed by atoms with Gasteiger partial charge in [0.15, 0.2) is 0 Å². The van der Waals surface area contributed by atoms with Crippen LogP contribution in [0.5, 0.6) is 0 Å². The van der Waals surface area contributed by atoms with Gasteiger partial charge in [-0.3, -0.25) is 0 Å². The normalized spacial score (nSPS) is 17.6. The first-order valence-electron chi connectivity index (χ1n) is 9.01. The van der Waals surface area contributed by atoms with Gasteiger partial charge in [-0.1, -0.05) is 47.5 Å². The maximum atomic E-state index is 3.72. The van der Waals surface area contributed by atoms with Crippen molar-refractivity contribution >= 4 is 0 Å². The third-order valence-electron chi connectivity index (χ3n) is 5.34. The van der Waals surface area contributed by atoms with Gasteiger partial charge in [-0.25, -0.2) is 0 Å². The summed E-state index contributed by atoms with van der Waals surface area (Å²) >= 11 is 0. The second kappa shape index (κ2) is 9.04. The maximum absolute atomic E-state index is 3.72. The Morgan fingerprint density at radius 2 is 1.70 bits per heavy atom. The second-order valence-electron chi connectivity index (χ2n) is 7.23. The smallest absolute Gasteiger partial charge is 0.00953 e. The minimum Gasteiger partial charge on any atom is -0.316 e. The lowest BCUT2D eigenvalue weighted by molar-refractivity contribution is 0.103. The van der Waals surface area contributed by atoms with Crippen molar-refractivity contribution in [1.29, 1.82) is 0 Å². The van der Waals surface area contributed by atoms with Crippen LogP contribution in [-0.2, 0) is 0 Å². The molecule has 1 fully saturated rings. The average molecular weight is 283 g/mol. The molecule has 20 heavy (non-hydrogen) atoms. The molecule has 0 saturated heterocycles. The molecule has 0 aromatic heterocycles. The first-order valence-corrected chi connectivity index (χ1v) is 9.01. The molecule has 0 atom stereocenters. The van der Waals surface area contributed by atoms with Crippen molar-refractivity contribution in [3.8, 4) is 0 Å². The largest absolute Gasteiger partial charge is 0.316 e. The summed E-state index contributed by atoms with van der Waals surface area (Å²) < 4.78 is 0. The standard InChI is InChI=1S/C18H38N2/c1-6-18(7-2,14-19-13-16(4)5)15-20(8-3)17-11-9-10-12-17/h16-17,19H,6-15H2,1-5H3. The molecule has 0 amide bonds. The Hall–Kier alpha value is -0.0800. The number of nitrogens with one attached hydrogen (secondary N) is 1. The van der Waals surface area contributed by atoms with Crippen molar-refractivity contribution in [3.63, 3.8) is 0 Å². The zero-order valence-electron chi connectivity index (χ0n) is 14.7. The minimum absolute atomic E-state index is 0.466. The van der Waals surface area contributed by atoms with Crippen molar-refractivity contribution in [2.24, 2.45) is 11.3 Å². The van der Waals surface area contributed by atoms with E-state index in [9.17, 15) is 0 Å². The van der Waals surface area contributed by atoms with E-state index in [0.717, 1.165) is 18.5 Å². The first kappa shape index (κ1) is 18.0. The summed E-state index contributed by atoms with van der Waals surface area (Å²) in [5, 5.41) is 3.72. The van der Waals surface area contributed by atoms with Crippen molar-refractivity contribution in [3.05, 3.63) is 0 Å². The third kappa shape index (κ3) is 5.37. The number of hydrogen-bond acceptors (Lipinski definition) is 2. The molecule has 1 N–H and O–H groups in total. The highest BCUT2D eigenvalue weighted by atomic mass is 15.2. The zero-order valence-corrected chi connectivity index (χ0v) is 14.7. The molecule has 0 radical (unpaired) electrons. The second-order valence-corrected chi connectivity index (χ2v) is 7.23. The summed E-state index contributed by atoms with van der Waals surface area (Å²) in [7, 11) is 0. The molecule has 0 bridgehead atoms. The summed E-state index contributed by atoms with van der Waals surface area (Å²) in [5.74, 6) is 0.749. The first-order chi connectivity index (χ1) is 9.56. The Bertz CT molecular complexity index is 240. The van der Waals surface area contributed by atoms with Gasteiger partial charge in [0.25, 0.3) is 0 Å². The van der Waals surface area contributed by atoms with Crippen molar-refractivity contribution in [2.45, 2.75) is 79.2 Å². The number of rotatable bonds is 10. The molecule has 0 unspecified atom stereocenters. The average Bonchev–Trinajstić information content (AvgIpc) is 2.96. The molecule has 0 aromatic carbocycles. The van der Waals surface area contributed by atoms with Crippen LogP contribution in [0.15, 0.2) is 0 Å². The Balaban J connectivity index is 2.57. The van der Waals surface area contributed by atoms with Gasteiger partial charge in [0.2, 0.25) is 0 Å². The monoisotopic (exact) mass is 282 g/mol. The number of hydrogen-bond donors (Lipinski definition) is 1. The van der Waals surface area contributed by atoms with Crippen LogP contribution in [0.25, 0.3) is 0 Å². The molecule has 2 nitrogen and oxygen atoms in total. The molecule has 1 aliphatic rings. The van der Waals surface area contributed by atoms with Crippen LogP contribution in [-0.4, -0.2) is 37.1 Å². The molecule has 2 heteroatoms. The molecule has 0 aliphatic heterocycles. The predicted molar refractivity (Wildman–Crippen MR) is 90.2 cm³/mol. The van der Waals surface area contributed by atoms with E-state index in [2.05, 4.69) is 44.8 Å². The van der Waals surface area contributed by atoms with E-state index in [1.807, 2.05) is 0 Å². The van der Waals surface area contributed by atoms with Gasteiger partial charge in [-0.2, -0.15) is 0 Å². The summed E-state index contributed by atoms with van der Waals surface area (Å²) in [5.41, 5.74) is 0.466. The van der Waals surface area contributed by atoms with Crippen molar-refractivity contribution in [1.82, 2.24) is 10.2 Å². The lowest BCUT2D eigenvalue weighted by Gasteiger charge is -2.40. The molecule has 1 saturated carbocycles. The Kier molecular flexibility index (Phi) is 8.13. The quantitative estimate of drug-likeness (QED) is 0.642. The fourth-order valence-electron chi connectivity index (χ4n) is 3.60. The van der Waals surface area contributed by atoms with E-state index >= 15 is 0 Å². The summed E-state index contributed by atoms with van der Waals surface area (Å²) in [4.78, 5) is 2.77. The van der Waals surface area contributed by atoms with Crippen LogP contribution >= 0.6 is 0 Å². The van der Waals surface area contributed by atoms with Gasteiger partial charge >= 0.3 is 0 Å². The topological polar surface area (TPSA) is 15.3 Å². The fraction of sp³-hybridized carbons (Fsp3) is 1.00.